The lowest BCUT2D eigenvalue weighted by Crippen LogP contribution is -2.59. The van der Waals surface area contributed by atoms with Gasteiger partial charge in [0.2, 0.25) is 0 Å². The van der Waals surface area contributed by atoms with Gasteiger partial charge in [0.05, 0.1) is 12.2 Å². The molecule has 2 heteroatoms. The van der Waals surface area contributed by atoms with Crippen LogP contribution in [0.1, 0.15) is 66.2 Å². The second-order valence-corrected chi connectivity index (χ2v) is 10.2. The van der Waals surface area contributed by atoms with E-state index in [1.165, 1.54) is 44.1 Å². The molecule has 2 bridgehead atoms. The minimum absolute atomic E-state index is 0.0976. The van der Waals surface area contributed by atoms with Gasteiger partial charge in [0.1, 0.15) is 6.10 Å². The standard InChI is InChI=1S/C20H30O2/c1-17(2)6-5-7-19(4)16(17)15-14(22-15)12-10-13(21)18(3)8-9-20(12,19)11-18/h10,13-16,21H,5-9,11H2,1-4H3/t13-,14+,15+,16+,18+,19+,20+/m1/s1. The molecule has 2 nitrogen and oxygen atoms in total. The van der Waals surface area contributed by atoms with Crippen molar-refractivity contribution in [3.63, 3.8) is 0 Å². The lowest BCUT2D eigenvalue weighted by molar-refractivity contribution is -0.106. The van der Waals surface area contributed by atoms with Gasteiger partial charge in [0, 0.05) is 5.41 Å². The summed E-state index contributed by atoms with van der Waals surface area (Å²) in [6, 6.07) is 0. The van der Waals surface area contributed by atoms with Crippen LogP contribution in [0.4, 0.5) is 0 Å². The Labute approximate surface area is 134 Å². The zero-order valence-electron chi connectivity index (χ0n) is 14.5. The number of fused-ring (bicyclic) bond motifs is 5. The Morgan fingerprint density at radius 3 is 2.64 bits per heavy atom. The molecule has 1 aliphatic heterocycles. The first kappa shape index (κ1) is 14.0. The van der Waals surface area contributed by atoms with Crippen LogP contribution in [-0.2, 0) is 4.74 Å². The lowest BCUT2D eigenvalue weighted by atomic mass is 9.40. The molecule has 1 spiro atoms. The predicted octanol–water partition coefficient (Wildman–Crippen LogP) is 4.08. The van der Waals surface area contributed by atoms with Gasteiger partial charge >= 0.3 is 0 Å². The first-order valence-electron chi connectivity index (χ1n) is 9.29. The zero-order chi connectivity index (χ0) is 15.5. The molecule has 0 unspecified atom stereocenters. The smallest absolute Gasteiger partial charge is 0.106 e. The highest BCUT2D eigenvalue weighted by Crippen LogP contribution is 2.77. The minimum atomic E-state index is -0.264. The summed E-state index contributed by atoms with van der Waals surface area (Å²) in [5, 5.41) is 10.7. The van der Waals surface area contributed by atoms with Gasteiger partial charge in [-0.25, -0.2) is 0 Å². The SMILES string of the molecule is CC1(C)CCC[C@@]2(C)[C@H]1[C@H]1O[C@H]1C1=C[C@@H](O)[C@@]3(C)CC[C@]12C3. The molecule has 1 N–H and O–H groups in total. The summed E-state index contributed by atoms with van der Waals surface area (Å²) in [4.78, 5) is 0. The van der Waals surface area contributed by atoms with E-state index in [1.54, 1.807) is 0 Å². The molecule has 0 aromatic rings. The molecule has 1 heterocycles. The Balaban J connectivity index is 1.72. The highest BCUT2D eigenvalue weighted by Gasteiger charge is 2.75. The van der Waals surface area contributed by atoms with Gasteiger partial charge in [0.15, 0.2) is 0 Å². The quantitative estimate of drug-likeness (QED) is 0.540. The van der Waals surface area contributed by atoms with Crippen LogP contribution in [0.2, 0.25) is 0 Å². The fourth-order valence-corrected chi connectivity index (χ4v) is 7.64. The minimum Gasteiger partial charge on any atom is -0.388 e. The van der Waals surface area contributed by atoms with Crippen LogP contribution in [0.3, 0.4) is 0 Å². The summed E-state index contributed by atoms with van der Waals surface area (Å²) in [6.07, 6.45) is 10.4. The van der Waals surface area contributed by atoms with Crippen molar-refractivity contribution >= 4 is 0 Å². The molecule has 1 saturated heterocycles. The summed E-state index contributed by atoms with van der Waals surface area (Å²) < 4.78 is 6.26. The maximum atomic E-state index is 10.7. The van der Waals surface area contributed by atoms with Crippen LogP contribution in [0.5, 0.6) is 0 Å². The van der Waals surface area contributed by atoms with Crippen LogP contribution < -0.4 is 0 Å². The fraction of sp³-hybridized carbons (Fsp3) is 0.900. The monoisotopic (exact) mass is 302 g/mol. The van der Waals surface area contributed by atoms with Crippen molar-refractivity contribution in [1.82, 2.24) is 0 Å². The molecule has 0 aromatic heterocycles. The summed E-state index contributed by atoms with van der Waals surface area (Å²) in [5.74, 6) is 0.688. The van der Waals surface area contributed by atoms with Crippen LogP contribution in [0.25, 0.3) is 0 Å². The number of epoxide rings is 1. The third-order valence-electron chi connectivity index (χ3n) is 8.73. The van der Waals surface area contributed by atoms with Crippen molar-refractivity contribution in [2.75, 3.05) is 0 Å². The topological polar surface area (TPSA) is 32.8 Å². The van der Waals surface area contributed by atoms with Gasteiger partial charge < -0.3 is 9.84 Å². The number of aliphatic hydroxyl groups is 1. The summed E-state index contributed by atoms with van der Waals surface area (Å²) in [6.45, 7) is 9.84. The van der Waals surface area contributed by atoms with E-state index in [0.717, 1.165) is 0 Å². The first-order valence-corrected chi connectivity index (χ1v) is 9.29. The van der Waals surface area contributed by atoms with Gasteiger partial charge in [-0.15, -0.1) is 0 Å². The molecular weight excluding hydrogens is 272 g/mol. The zero-order valence-corrected chi connectivity index (χ0v) is 14.5. The lowest BCUT2D eigenvalue weighted by Gasteiger charge is -2.63. The van der Waals surface area contributed by atoms with Gasteiger partial charge in [-0.2, -0.15) is 0 Å². The normalized spacial score (nSPS) is 60.9. The van der Waals surface area contributed by atoms with Gasteiger partial charge in [-0.05, 0) is 59.8 Å². The van der Waals surface area contributed by atoms with Crippen LogP contribution in [0.15, 0.2) is 11.6 Å². The van der Waals surface area contributed by atoms with E-state index in [-0.39, 0.29) is 11.5 Å². The van der Waals surface area contributed by atoms with Gasteiger partial charge in [0.25, 0.3) is 0 Å². The largest absolute Gasteiger partial charge is 0.388 e. The fourth-order valence-electron chi connectivity index (χ4n) is 7.64. The Kier molecular flexibility index (Phi) is 2.34. The van der Waals surface area contributed by atoms with Crippen molar-refractivity contribution in [2.45, 2.75) is 84.5 Å². The summed E-state index contributed by atoms with van der Waals surface area (Å²) in [5.41, 5.74) is 2.65. The van der Waals surface area contributed by atoms with Crippen molar-refractivity contribution in [1.29, 1.82) is 0 Å². The summed E-state index contributed by atoms with van der Waals surface area (Å²) in [7, 11) is 0. The van der Waals surface area contributed by atoms with Crippen molar-refractivity contribution in [3.05, 3.63) is 11.6 Å². The number of aliphatic hydroxyl groups excluding tert-OH is 1. The van der Waals surface area contributed by atoms with Crippen LogP contribution >= 0.6 is 0 Å². The maximum absolute atomic E-state index is 10.7. The highest BCUT2D eigenvalue weighted by atomic mass is 16.6. The number of hydrogen-bond acceptors (Lipinski definition) is 2. The average Bonchev–Trinajstić information content (AvgIpc) is 3.10. The molecular formula is C20H30O2. The van der Waals surface area contributed by atoms with E-state index in [2.05, 4.69) is 33.8 Å². The molecule has 22 heavy (non-hydrogen) atoms. The van der Waals surface area contributed by atoms with E-state index >= 15 is 0 Å². The van der Waals surface area contributed by atoms with Gasteiger partial charge in [-0.1, -0.05) is 40.2 Å². The molecule has 7 atom stereocenters. The molecule has 0 amide bonds. The summed E-state index contributed by atoms with van der Waals surface area (Å²) >= 11 is 0. The maximum Gasteiger partial charge on any atom is 0.106 e. The first-order chi connectivity index (χ1) is 10.2. The number of ether oxygens (including phenoxy) is 1. The van der Waals surface area contributed by atoms with Crippen LogP contribution in [-0.4, -0.2) is 23.4 Å². The number of hydrogen-bond donors (Lipinski definition) is 1. The molecule has 5 rings (SSSR count). The Hall–Kier alpha value is -0.340. The molecule has 122 valence electrons. The molecule has 4 aliphatic carbocycles. The van der Waals surface area contributed by atoms with Gasteiger partial charge in [-0.3, -0.25) is 0 Å². The van der Waals surface area contributed by atoms with Crippen molar-refractivity contribution in [2.24, 2.45) is 27.6 Å². The molecule has 3 saturated carbocycles. The second kappa shape index (κ2) is 3.67. The number of rotatable bonds is 0. The van der Waals surface area contributed by atoms with E-state index in [1.807, 2.05) is 0 Å². The van der Waals surface area contributed by atoms with E-state index in [9.17, 15) is 5.11 Å². The Morgan fingerprint density at radius 1 is 1.09 bits per heavy atom. The second-order valence-electron chi connectivity index (χ2n) is 10.2. The van der Waals surface area contributed by atoms with Crippen molar-refractivity contribution < 1.29 is 9.84 Å². The third-order valence-corrected chi connectivity index (χ3v) is 8.73. The van der Waals surface area contributed by atoms with E-state index in [4.69, 9.17) is 4.74 Å². The molecule has 5 aliphatic rings. The Bertz CT molecular complexity index is 578. The van der Waals surface area contributed by atoms with E-state index in [0.29, 0.717) is 34.4 Å². The predicted molar refractivity (Wildman–Crippen MR) is 86.4 cm³/mol. The molecule has 0 radical (unpaired) electrons. The van der Waals surface area contributed by atoms with Crippen LogP contribution in [0, 0.1) is 27.6 Å². The molecule has 0 aromatic carbocycles. The highest BCUT2D eigenvalue weighted by molar-refractivity contribution is 5.41. The average molecular weight is 302 g/mol. The van der Waals surface area contributed by atoms with Crippen molar-refractivity contribution in [3.8, 4) is 0 Å². The Morgan fingerprint density at radius 2 is 1.86 bits per heavy atom. The molecule has 4 fully saturated rings. The van der Waals surface area contributed by atoms with E-state index < -0.39 is 0 Å². The third kappa shape index (κ3) is 1.33.